The summed E-state index contributed by atoms with van der Waals surface area (Å²) in [4.78, 5) is 2.50. The van der Waals surface area contributed by atoms with Gasteiger partial charge in [0.05, 0.1) is 18.9 Å². The monoisotopic (exact) mass is 391 g/mol. The molecule has 1 saturated heterocycles. The molecule has 0 N–H and O–H groups in total. The molecule has 0 aliphatic carbocycles. The summed E-state index contributed by atoms with van der Waals surface area (Å²) in [6, 6.07) is 15.1. The van der Waals surface area contributed by atoms with Crippen molar-refractivity contribution in [3.63, 3.8) is 0 Å². The Kier molecular flexibility index (Phi) is 4.50. The molecule has 3 heterocycles. The van der Waals surface area contributed by atoms with Gasteiger partial charge in [-0.2, -0.15) is 5.10 Å². The molecule has 0 bridgehead atoms. The van der Waals surface area contributed by atoms with Gasteiger partial charge in [-0.3, -0.25) is 0 Å². The number of aryl methyl sites for hydroxylation is 1. The van der Waals surface area contributed by atoms with E-state index in [2.05, 4.69) is 54.1 Å². The molecule has 0 radical (unpaired) electrons. The summed E-state index contributed by atoms with van der Waals surface area (Å²) in [5.41, 5.74) is 4.48. The van der Waals surface area contributed by atoms with Crippen LogP contribution in [0.5, 0.6) is 11.5 Å². The van der Waals surface area contributed by atoms with E-state index < -0.39 is 0 Å². The third kappa shape index (κ3) is 3.08. The van der Waals surface area contributed by atoms with E-state index in [9.17, 15) is 0 Å². The van der Waals surface area contributed by atoms with Crippen molar-refractivity contribution >= 4 is 5.71 Å². The molecule has 2 aromatic rings. The van der Waals surface area contributed by atoms with E-state index in [0.717, 1.165) is 61.7 Å². The highest BCUT2D eigenvalue weighted by Gasteiger charge is 2.51. The predicted octanol–water partition coefficient (Wildman–Crippen LogP) is 4.36. The van der Waals surface area contributed by atoms with Crippen LogP contribution in [-0.2, 0) is 0 Å². The highest BCUT2D eigenvalue weighted by molar-refractivity contribution is 6.02. The topological polar surface area (TPSA) is 37.3 Å². The van der Waals surface area contributed by atoms with Gasteiger partial charge < -0.3 is 14.4 Å². The smallest absolute Gasteiger partial charge is 0.200 e. The predicted molar refractivity (Wildman–Crippen MR) is 115 cm³/mol. The lowest BCUT2D eigenvalue weighted by Crippen LogP contribution is -2.59. The van der Waals surface area contributed by atoms with Gasteiger partial charge in [-0.25, -0.2) is 5.01 Å². The van der Waals surface area contributed by atoms with Gasteiger partial charge in [0.15, 0.2) is 0 Å². The number of methoxy groups -OCH3 is 1. The van der Waals surface area contributed by atoms with Crippen LogP contribution in [0.1, 0.15) is 48.9 Å². The second kappa shape index (κ2) is 7.06. The maximum absolute atomic E-state index is 6.72. The van der Waals surface area contributed by atoms with Crippen LogP contribution in [0.15, 0.2) is 47.6 Å². The average Bonchev–Trinajstić information content (AvgIpc) is 3.22. The van der Waals surface area contributed by atoms with E-state index in [1.54, 1.807) is 7.11 Å². The lowest BCUT2D eigenvalue weighted by molar-refractivity contribution is -0.149. The first-order valence-electron chi connectivity index (χ1n) is 10.6. The fourth-order valence-corrected chi connectivity index (χ4v) is 4.91. The molecule has 5 heteroatoms. The van der Waals surface area contributed by atoms with Gasteiger partial charge in [0.2, 0.25) is 5.72 Å². The molecule has 5 rings (SSSR count). The Morgan fingerprint density at radius 2 is 1.90 bits per heavy atom. The van der Waals surface area contributed by atoms with Crippen LogP contribution in [-0.4, -0.2) is 48.1 Å². The third-order valence-corrected chi connectivity index (χ3v) is 6.66. The third-order valence-electron chi connectivity index (χ3n) is 6.66. The van der Waals surface area contributed by atoms with Gasteiger partial charge in [-0.05, 0) is 49.4 Å². The number of hydrogen-bond donors (Lipinski definition) is 0. The molecule has 29 heavy (non-hydrogen) atoms. The first-order chi connectivity index (χ1) is 14.1. The molecule has 3 aliphatic rings. The van der Waals surface area contributed by atoms with Crippen LogP contribution in [0.4, 0.5) is 0 Å². The molecule has 0 saturated carbocycles. The number of hydrazone groups is 1. The molecule has 0 aromatic heterocycles. The van der Waals surface area contributed by atoms with Crippen molar-refractivity contribution in [3.05, 3.63) is 59.2 Å². The first kappa shape index (κ1) is 18.5. The number of piperidine rings is 1. The minimum absolute atomic E-state index is 0.240. The van der Waals surface area contributed by atoms with Crippen molar-refractivity contribution in [1.29, 1.82) is 0 Å². The van der Waals surface area contributed by atoms with E-state index in [0.29, 0.717) is 0 Å². The normalized spacial score (nSPS) is 22.7. The van der Waals surface area contributed by atoms with Gasteiger partial charge in [-0.15, -0.1) is 0 Å². The highest BCUT2D eigenvalue weighted by Crippen LogP contribution is 2.50. The second-order valence-electron chi connectivity index (χ2n) is 8.36. The molecule has 0 unspecified atom stereocenters. The van der Waals surface area contributed by atoms with Gasteiger partial charge in [0.1, 0.15) is 11.5 Å². The first-order valence-corrected chi connectivity index (χ1v) is 10.6. The standard InChI is InChI=1S/C24H29N3O2/c1-4-26-13-11-24(12-14-26)27-22(20-15-17(2)5-10-23(20)29-24)16-21(25-27)18-6-8-19(28-3)9-7-18/h5-10,15,22H,4,11-14,16H2,1-3H3/t22-/m1/s1. The number of hydrogen-bond acceptors (Lipinski definition) is 5. The maximum Gasteiger partial charge on any atom is 0.200 e. The number of likely N-dealkylation sites (tertiary alicyclic amines) is 1. The van der Waals surface area contributed by atoms with Crippen molar-refractivity contribution in [1.82, 2.24) is 9.91 Å². The molecule has 3 aliphatic heterocycles. The fourth-order valence-electron chi connectivity index (χ4n) is 4.91. The molecule has 1 spiro atoms. The highest BCUT2D eigenvalue weighted by atomic mass is 16.5. The van der Waals surface area contributed by atoms with E-state index in [1.807, 2.05) is 12.1 Å². The minimum Gasteiger partial charge on any atom is -0.497 e. The molecule has 2 aromatic carbocycles. The minimum atomic E-state index is -0.340. The molecular formula is C24H29N3O2. The Balaban J connectivity index is 1.54. The molecule has 1 fully saturated rings. The zero-order valence-electron chi connectivity index (χ0n) is 17.5. The zero-order valence-corrected chi connectivity index (χ0v) is 17.5. The Morgan fingerprint density at radius 3 is 2.59 bits per heavy atom. The number of ether oxygens (including phenoxy) is 2. The molecule has 0 amide bonds. The Labute approximate surface area is 172 Å². The Bertz CT molecular complexity index is 930. The molecular weight excluding hydrogens is 362 g/mol. The van der Waals surface area contributed by atoms with Gasteiger partial charge in [0.25, 0.3) is 0 Å². The lowest BCUT2D eigenvalue weighted by Gasteiger charge is -2.51. The Morgan fingerprint density at radius 1 is 1.14 bits per heavy atom. The van der Waals surface area contributed by atoms with E-state index in [1.165, 1.54) is 11.1 Å². The van der Waals surface area contributed by atoms with Crippen molar-refractivity contribution in [3.8, 4) is 11.5 Å². The zero-order chi connectivity index (χ0) is 20.0. The van der Waals surface area contributed by atoms with Crippen molar-refractivity contribution in [2.24, 2.45) is 5.10 Å². The van der Waals surface area contributed by atoms with Crippen LogP contribution in [0, 0.1) is 6.92 Å². The van der Waals surface area contributed by atoms with Crippen LogP contribution in [0.2, 0.25) is 0 Å². The van der Waals surface area contributed by atoms with E-state index >= 15 is 0 Å². The summed E-state index contributed by atoms with van der Waals surface area (Å²) in [6.07, 6.45) is 2.86. The second-order valence-corrected chi connectivity index (χ2v) is 8.36. The van der Waals surface area contributed by atoms with Crippen molar-refractivity contribution in [2.75, 3.05) is 26.7 Å². The average molecular weight is 392 g/mol. The van der Waals surface area contributed by atoms with Gasteiger partial charge >= 0.3 is 0 Å². The quantitative estimate of drug-likeness (QED) is 0.779. The maximum atomic E-state index is 6.72. The van der Waals surface area contributed by atoms with Crippen LogP contribution in [0.25, 0.3) is 0 Å². The summed E-state index contributed by atoms with van der Waals surface area (Å²) < 4.78 is 12.0. The molecule has 1 atom stereocenters. The SMILES string of the molecule is CCN1CCC2(CC1)Oc1ccc(C)cc1[C@H]1CC(c3ccc(OC)cc3)=NN12. The fraction of sp³-hybridized carbons (Fsp3) is 0.458. The van der Waals surface area contributed by atoms with Crippen LogP contribution >= 0.6 is 0 Å². The number of nitrogens with zero attached hydrogens (tertiary/aromatic N) is 3. The summed E-state index contributed by atoms with van der Waals surface area (Å²) in [6.45, 7) is 7.57. The van der Waals surface area contributed by atoms with E-state index in [4.69, 9.17) is 14.6 Å². The number of benzene rings is 2. The van der Waals surface area contributed by atoms with Gasteiger partial charge in [0, 0.05) is 37.9 Å². The van der Waals surface area contributed by atoms with Crippen LogP contribution < -0.4 is 9.47 Å². The Hall–Kier alpha value is -2.53. The largest absolute Gasteiger partial charge is 0.497 e. The van der Waals surface area contributed by atoms with Crippen molar-refractivity contribution in [2.45, 2.75) is 44.9 Å². The number of fused-ring (bicyclic) bond motifs is 4. The molecule has 152 valence electrons. The summed E-state index contributed by atoms with van der Waals surface area (Å²) >= 11 is 0. The summed E-state index contributed by atoms with van der Waals surface area (Å²) in [5.74, 6) is 1.91. The summed E-state index contributed by atoms with van der Waals surface area (Å²) in [7, 11) is 1.70. The number of rotatable bonds is 3. The van der Waals surface area contributed by atoms with E-state index in [-0.39, 0.29) is 11.8 Å². The lowest BCUT2D eigenvalue weighted by atomic mass is 9.90. The summed E-state index contributed by atoms with van der Waals surface area (Å²) in [5, 5.41) is 7.45. The molecule has 5 nitrogen and oxygen atoms in total. The van der Waals surface area contributed by atoms with Crippen molar-refractivity contribution < 1.29 is 9.47 Å². The van der Waals surface area contributed by atoms with Gasteiger partial charge in [-0.1, -0.05) is 24.6 Å². The van der Waals surface area contributed by atoms with Crippen LogP contribution in [0.3, 0.4) is 0 Å².